The van der Waals surface area contributed by atoms with Gasteiger partial charge in [0.2, 0.25) is 5.88 Å². The molecule has 0 unspecified atom stereocenters. The highest BCUT2D eigenvalue weighted by Crippen LogP contribution is 2.24. The molecule has 1 amide bonds. The van der Waals surface area contributed by atoms with Crippen molar-refractivity contribution in [1.82, 2.24) is 25.1 Å². The zero-order chi connectivity index (χ0) is 18.0. The predicted molar refractivity (Wildman–Crippen MR) is 94.9 cm³/mol. The van der Waals surface area contributed by atoms with Crippen LogP contribution in [0.15, 0.2) is 42.9 Å². The number of rotatable bonds is 4. The third kappa shape index (κ3) is 3.71. The number of hydrogen-bond acceptors (Lipinski definition) is 4. The molecule has 2 N–H and O–H groups in total. The number of nitrogens with zero attached hydrogens (tertiary/aromatic N) is 3. The molecule has 0 saturated heterocycles. The number of pyridine rings is 1. The molecule has 3 aromatic heterocycles. The Morgan fingerprint density at radius 2 is 2.08 bits per heavy atom. The minimum Gasteiger partial charge on any atom is -0.481 e. The lowest BCUT2D eigenvalue weighted by Gasteiger charge is -2.19. The molecule has 3 rings (SSSR count). The highest BCUT2D eigenvalue weighted by atomic mass is 16.5. The van der Waals surface area contributed by atoms with Gasteiger partial charge in [0.1, 0.15) is 0 Å². The average Bonchev–Trinajstić information content (AvgIpc) is 3.22. The molecule has 0 atom stereocenters. The molecule has 0 spiro atoms. The fourth-order valence-electron chi connectivity index (χ4n) is 2.40. The van der Waals surface area contributed by atoms with E-state index in [2.05, 4.69) is 20.4 Å². The second-order valence-corrected chi connectivity index (χ2v) is 6.69. The minimum atomic E-state index is -0.337. The van der Waals surface area contributed by atoms with Crippen LogP contribution in [0, 0.1) is 0 Å². The van der Waals surface area contributed by atoms with Gasteiger partial charge < -0.3 is 15.0 Å². The number of ether oxygens (including phenoxy) is 1. The Morgan fingerprint density at radius 3 is 2.64 bits per heavy atom. The maximum Gasteiger partial charge on any atom is 0.272 e. The molecular formula is C18H21N5O2. The summed E-state index contributed by atoms with van der Waals surface area (Å²) in [6.45, 7) is 5.80. The third-order valence-corrected chi connectivity index (χ3v) is 3.50. The van der Waals surface area contributed by atoms with Crippen LogP contribution in [-0.4, -0.2) is 38.3 Å². The summed E-state index contributed by atoms with van der Waals surface area (Å²) in [4.78, 5) is 19.7. The van der Waals surface area contributed by atoms with E-state index in [4.69, 9.17) is 4.74 Å². The van der Waals surface area contributed by atoms with E-state index in [1.54, 1.807) is 30.1 Å². The first-order valence-electron chi connectivity index (χ1n) is 7.93. The van der Waals surface area contributed by atoms with Crippen LogP contribution >= 0.6 is 0 Å². The van der Waals surface area contributed by atoms with Crippen molar-refractivity contribution in [3.8, 4) is 22.8 Å². The van der Waals surface area contributed by atoms with Gasteiger partial charge in [0.15, 0.2) is 5.69 Å². The lowest BCUT2D eigenvalue weighted by Crippen LogP contribution is -2.40. The summed E-state index contributed by atoms with van der Waals surface area (Å²) in [6.07, 6.45) is 5.34. The van der Waals surface area contributed by atoms with Crippen molar-refractivity contribution in [3.05, 3.63) is 48.5 Å². The first-order chi connectivity index (χ1) is 11.9. The van der Waals surface area contributed by atoms with E-state index in [1.165, 1.54) is 0 Å². The highest BCUT2D eigenvalue weighted by Gasteiger charge is 2.21. The van der Waals surface area contributed by atoms with Crippen molar-refractivity contribution < 1.29 is 9.53 Å². The monoisotopic (exact) mass is 339 g/mol. The lowest BCUT2D eigenvalue weighted by molar-refractivity contribution is 0.0914. The molecule has 3 heterocycles. The van der Waals surface area contributed by atoms with Crippen LogP contribution in [0.5, 0.6) is 5.88 Å². The molecule has 7 nitrogen and oxygen atoms in total. The van der Waals surface area contributed by atoms with Gasteiger partial charge in [-0.2, -0.15) is 5.10 Å². The Labute approximate surface area is 146 Å². The molecule has 130 valence electrons. The van der Waals surface area contributed by atoms with E-state index < -0.39 is 0 Å². The normalized spacial score (nSPS) is 11.4. The number of H-pyrrole nitrogens is 1. The van der Waals surface area contributed by atoms with Gasteiger partial charge in [-0.3, -0.25) is 4.79 Å². The highest BCUT2D eigenvalue weighted by molar-refractivity contribution is 5.94. The van der Waals surface area contributed by atoms with Gasteiger partial charge in [-0.25, -0.2) is 9.67 Å². The Bertz CT molecular complexity index is 858. The van der Waals surface area contributed by atoms with Crippen molar-refractivity contribution in [2.45, 2.75) is 26.3 Å². The molecule has 0 aliphatic heterocycles. The van der Waals surface area contributed by atoms with Crippen molar-refractivity contribution in [1.29, 1.82) is 0 Å². The number of hydrogen-bond donors (Lipinski definition) is 2. The largest absolute Gasteiger partial charge is 0.481 e. The fraction of sp³-hybridized carbons (Fsp3) is 0.278. The lowest BCUT2D eigenvalue weighted by atomic mass is 10.1. The number of carbonyl (C=O) groups excluding carboxylic acids is 1. The quantitative estimate of drug-likeness (QED) is 0.765. The summed E-state index contributed by atoms with van der Waals surface area (Å²) in [7, 11) is 1.57. The molecule has 7 heteroatoms. The summed E-state index contributed by atoms with van der Waals surface area (Å²) in [5.41, 5.74) is 2.48. The molecule has 0 bridgehead atoms. The van der Waals surface area contributed by atoms with Crippen LogP contribution in [0.3, 0.4) is 0 Å². The zero-order valence-corrected chi connectivity index (χ0v) is 14.7. The van der Waals surface area contributed by atoms with E-state index in [-0.39, 0.29) is 11.4 Å². The Hall–Kier alpha value is -3.09. The SMILES string of the molecule is COc1ccc(-n2nc(C(=O)NC(C)(C)C)cc2-c2cc[nH]c2)cn1. The van der Waals surface area contributed by atoms with Gasteiger partial charge in [-0.05, 0) is 39.0 Å². The first-order valence-corrected chi connectivity index (χ1v) is 7.93. The predicted octanol–water partition coefficient (Wildman–Crippen LogP) is 2.80. The number of nitrogens with one attached hydrogen (secondary N) is 2. The van der Waals surface area contributed by atoms with E-state index in [0.717, 1.165) is 16.9 Å². The van der Waals surface area contributed by atoms with E-state index in [9.17, 15) is 4.79 Å². The van der Waals surface area contributed by atoms with Crippen LogP contribution in [0.25, 0.3) is 16.9 Å². The van der Waals surface area contributed by atoms with Gasteiger partial charge in [0.25, 0.3) is 5.91 Å². The molecule has 0 aliphatic rings. The van der Waals surface area contributed by atoms with Gasteiger partial charge in [-0.15, -0.1) is 0 Å². The summed E-state index contributed by atoms with van der Waals surface area (Å²) < 4.78 is 6.80. The summed E-state index contributed by atoms with van der Waals surface area (Å²) >= 11 is 0. The second-order valence-electron chi connectivity index (χ2n) is 6.69. The molecule has 0 fully saturated rings. The van der Waals surface area contributed by atoms with E-state index >= 15 is 0 Å². The zero-order valence-electron chi connectivity index (χ0n) is 14.7. The van der Waals surface area contributed by atoms with E-state index in [1.807, 2.05) is 45.3 Å². The topological polar surface area (TPSA) is 84.8 Å². The summed E-state index contributed by atoms with van der Waals surface area (Å²) in [5, 5.41) is 7.42. The standard InChI is InChI=1S/C18H21N5O2/c1-18(2,3)21-17(24)14-9-15(12-7-8-19-10-12)23(22-14)13-5-6-16(25-4)20-11-13/h5-11,19H,1-4H3,(H,21,24). The van der Waals surface area contributed by atoms with Gasteiger partial charge in [0.05, 0.1) is 24.7 Å². The van der Waals surface area contributed by atoms with Crippen molar-refractivity contribution >= 4 is 5.91 Å². The number of methoxy groups -OCH3 is 1. The molecule has 25 heavy (non-hydrogen) atoms. The second kappa shape index (κ2) is 6.43. The number of aromatic amines is 1. The minimum absolute atomic E-state index is 0.218. The van der Waals surface area contributed by atoms with Crippen LogP contribution in [0.4, 0.5) is 0 Å². The molecule has 3 aromatic rings. The van der Waals surface area contributed by atoms with Gasteiger partial charge in [-0.1, -0.05) is 0 Å². The van der Waals surface area contributed by atoms with Crippen molar-refractivity contribution in [2.75, 3.05) is 7.11 Å². The smallest absolute Gasteiger partial charge is 0.272 e. The Kier molecular flexibility index (Phi) is 4.31. The molecular weight excluding hydrogens is 318 g/mol. The van der Waals surface area contributed by atoms with Gasteiger partial charge in [0, 0.05) is 29.6 Å². The number of aromatic nitrogens is 4. The van der Waals surface area contributed by atoms with E-state index in [0.29, 0.717) is 11.6 Å². The van der Waals surface area contributed by atoms with Crippen LogP contribution in [0.1, 0.15) is 31.3 Å². The Morgan fingerprint density at radius 1 is 1.28 bits per heavy atom. The number of carbonyl (C=O) groups is 1. The van der Waals surface area contributed by atoms with Crippen LogP contribution in [-0.2, 0) is 0 Å². The van der Waals surface area contributed by atoms with Crippen molar-refractivity contribution in [2.24, 2.45) is 0 Å². The maximum atomic E-state index is 12.5. The molecule has 0 radical (unpaired) electrons. The van der Waals surface area contributed by atoms with Crippen molar-refractivity contribution in [3.63, 3.8) is 0 Å². The number of amides is 1. The van der Waals surface area contributed by atoms with Crippen LogP contribution < -0.4 is 10.1 Å². The fourth-order valence-corrected chi connectivity index (χ4v) is 2.40. The molecule has 0 aromatic carbocycles. The molecule has 0 saturated carbocycles. The first kappa shape index (κ1) is 16.8. The van der Waals surface area contributed by atoms with Crippen LogP contribution in [0.2, 0.25) is 0 Å². The Balaban J connectivity index is 2.04. The average molecular weight is 339 g/mol. The maximum absolute atomic E-state index is 12.5. The molecule has 0 aliphatic carbocycles. The third-order valence-electron chi connectivity index (χ3n) is 3.50. The summed E-state index contributed by atoms with van der Waals surface area (Å²) in [6, 6.07) is 7.30. The van der Waals surface area contributed by atoms with Gasteiger partial charge >= 0.3 is 0 Å². The summed E-state index contributed by atoms with van der Waals surface area (Å²) in [5.74, 6) is 0.300.